The van der Waals surface area contributed by atoms with Crippen molar-refractivity contribution >= 4 is 17.7 Å². The van der Waals surface area contributed by atoms with Crippen molar-refractivity contribution in [2.45, 2.75) is 25.7 Å². The second-order valence-corrected chi connectivity index (χ2v) is 6.83. The van der Waals surface area contributed by atoms with E-state index >= 15 is 0 Å². The first-order valence-electron chi connectivity index (χ1n) is 8.96. The van der Waals surface area contributed by atoms with Crippen molar-refractivity contribution in [1.82, 2.24) is 10.6 Å². The Labute approximate surface area is 155 Å². The zero-order chi connectivity index (χ0) is 17.6. The quantitative estimate of drug-likeness (QED) is 0.364. The molecule has 2 N–H and O–H groups in total. The number of nitrogens with one attached hydrogen (secondary N) is 2. The van der Waals surface area contributed by atoms with Crippen LogP contribution in [0, 0.1) is 0 Å². The number of hydrogen-bond donors (Lipinski definition) is 2. The van der Waals surface area contributed by atoms with E-state index in [4.69, 9.17) is 9.41 Å². The van der Waals surface area contributed by atoms with Crippen molar-refractivity contribution in [3.8, 4) is 0 Å². The van der Waals surface area contributed by atoms with Crippen molar-refractivity contribution in [3.63, 3.8) is 0 Å². The third kappa shape index (κ3) is 8.68. The highest BCUT2D eigenvalue weighted by Gasteiger charge is 2.01. The van der Waals surface area contributed by atoms with Gasteiger partial charge in [0.05, 0.1) is 6.26 Å². The summed E-state index contributed by atoms with van der Waals surface area (Å²) in [7, 11) is 0. The maximum atomic E-state index is 5.38. The van der Waals surface area contributed by atoms with E-state index in [1.165, 1.54) is 17.7 Å². The topological polar surface area (TPSA) is 49.6 Å². The molecule has 2 rings (SSSR count). The second kappa shape index (κ2) is 12.5. The molecule has 136 valence electrons. The van der Waals surface area contributed by atoms with Gasteiger partial charge in [-0.3, -0.25) is 4.99 Å². The molecule has 5 heteroatoms. The summed E-state index contributed by atoms with van der Waals surface area (Å²) >= 11 is 1.89. The Bertz CT molecular complexity index is 584. The highest BCUT2D eigenvalue weighted by Crippen LogP contribution is 2.01. The molecule has 0 amide bonds. The van der Waals surface area contributed by atoms with E-state index in [1.54, 1.807) is 6.26 Å². The minimum absolute atomic E-state index is 0.815. The zero-order valence-electron chi connectivity index (χ0n) is 15.0. The van der Waals surface area contributed by atoms with E-state index in [0.29, 0.717) is 0 Å². The molecule has 0 aliphatic carbocycles. The first kappa shape index (κ1) is 19.4. The third-order valence-electron chi connectivity index (χ3n) is 3.82. The molecular formula is C20H29N3OS. The fourth-order valence-corrected chi connectivity index (χ4v) is 2.95. The van der Waals surface area contributed by atoms with Gasteiger partial charge in [0, 0.05) is 26.1 Å². The van der Waals surface area contributed by atoms with Gasteiger partial charge in [0.15, 0.2) is 5.96 Å². The molecule has 0 unspecified atom stereocenters. The maximum absolute atomic E-state index is 5.38. The van der Waals surface area contributed by atoms with Crippen LogP contribution in [0.1, 0.15) is 24.2 Å². The second-order valence-electron chi connectivity index (χ2n) is 5.85. The lowest BCUT2D eigenvalue weighted by atomic mass is 10.1. The summed E-state index contributed by atoms with van der Waals surface area (Å²) in [5.41, 5.74) is 1.34. The third-order valence-corrected chi connectivity index (χ3v) is 4.52. The zero-order valence-corrected chi connectivity index (χ0v) is 15.9. The average Bonchev–Trinajstić information content (AvgIpc) is 3.15. The number of hydrogen-bond acceptors (Lipinski definition) is 3. The van der Waals surface area contributed by atoms with Crippen molar-refractivity contribution < 1.29 is 4.42 Å². The van der Waals surface area contributed by atoms with Crippen LogP contribution >= 0.6 is 11.8 Å². The average molecular weight is 360 g/mol. The Kier molecular flexibility index (Phi) is 9.71. The summed E-state index contributed by atoms with van der Waals surface area (Å²) in [4.78, 5) is 4.70. The molecule has 25 heavy (non-hydrogen) atoms. The molecule has 1 aromatic heterocycles. The van der Waals surface area contributed by atoms with Crippen molar-refractivity contribution in [1.29, 1.82) is 0 Å². The molecule has 0 atom stereocenters. The van der Waals surface area contributed by atoms with Gasteiger partial charge in [-0.1, -0.05) is 30.3 Å². The van der Waals surface area contributed by atoms with Crippen LogP contribution in [0.4, 0.5) is 0 Å². The normalized spacial score (nSPS) is 11.5. The number of furan rings is 1. The SMILES string of the molecule is CSCCCCN=C(NCCc1ccccc1)NCCc1ccco1. The molecular weight excluding hydrogens is 330 g/mol. The van der Waals surface area contributed by atoms with Gasteiger partial charge in [-0.15, -0.1) is 0 Å². The molecule has 0 spiro atoms. The lowest BCUT2D eigenvalue weighted by molar-refractivity contribution is 0.506. The summed E-state index contributed by atoms with van der Waals surface area (Å²) in [6.45, 7) is 2.55. The molecule has 2 aromatic rings. The maximum Gasteiger partial charge on any atom is 0.191 e. The van der Waals surface area contributed by atoms with Gasteiger partial charge in [0.25, 0.3) is 0 Å². The molecule has 0 radical (unpaired) electrons. The number of thioether (sulfide) groups is 1. The van der Waals surface area contributed by atoms with Gasteiger partial charge in [-0.25, -0.2) is 0 Å². The number of unbranched alkanes of at least 4 members (excludes halogenated alkanes) is 1. The van der Waals surface area contributed by atoms with Gasteiger partial charge < -0.3 is 15.1 Å². The van der Waals surface area contributed by atoms with Crippen LogP contribution in [0.3, 0.4) is 0 Å². The van der Waals surface area contributed by atoms with E-state index < -0.39 is 0 Å². The summed E-state index contributed by atoms with van der Waals surface area (Å²) in [5.74, 6) is 3.10. The van der Waals surface area contributed by atoms with Gasteiger partial charge in [-0.05, 0) is 49.0 Å². The van der Waals surface area contributed by atoms with Crippen molar-refractivity contribution in [3.05, 3.63) is 60.1 Å². The predicted molar refractivity (Wildman–Crippen MR) is 108 cm³/mol. The fourth-order valence-electron chi connectivity index (χ4n) is 2.45. The minimum Gasteiger partial charge on any atom is -0.469 e. The smallest absolute Gasteiger partial charge is 0.191 e. The Morgan fingerprint density at radius 1 is 1.00 bits per heavy atom. The predicted octanol–water partition coefficient (Wildman–Crippen LogP) is 3.74. The highest BCUT2D eigenvalue weighted by molar-refractivity contribution is 7.98. The Morgan fingerprint density at radius 2 is 1.80 bits per heavy atom. The van der Waals surface area contributed by atoms with Crippen LogP contribution in [0.15, 0.2) is 58.1 Å². The summed E-state index contributed by atoms with van der Waals surface area (Å²) in [5, 5.41) is 6.85. The van der Waals surface area contributed by atoms with E-state index in [0.717, 1.165) is 50.6 Å². The molecule has 0 fully saturated rings. The monoisotopic (exact) mass is 359 g/mol. The molecule has 0 aliphatic rings. The van der Waals surface area contributed by atoms with Gasteiger partial charge in [-0.2, -0.15) is 11.8 Å². The Morgan fingerprint density at radius 3 is 2.52 bits per heavy atom. The van der Waals surface area contributed by atoms with Crippen molar-refractivity contribution in [2.75, 3.05) is 31.6 Å². The molecule has 1 aromatic carbocycles. The van der Waals surface area contributed by atoms with E-state index in [1.807, 2.05) is 23.9 Å². The first-order valence-corrected chi connectivity index (χ1v) is 10.4. The van der Waals surface area contributed by atoms with E-state index in [9.17, 15) is 0 Å². The molecule has 0 saturated heterocycles. The minimum atomic E-state index is 0.815. The molecule has 0 saturated carbocycles. The Hall–Kier alpha value is -1.88. The van der Waals surface area contributed by atoms with E-state index in [-0.39, 0.29) is 0 Å². The summed E-state index contributed by atoms with van der Waals surface area (Å²) in [6.07, 6.45) is 8.06. The van der Waals surface area contributed by atoms with Gasteiger partial charge in [0.2, 0.25) is 0 Å². The van der Waals surface area contributed by atoms with Crippen LogP contribution in [0.2, 0.25) is 0 Å². The van der Waals surface area contributed by atoms with Gasteiger partial charge in [0.1, 0.15) is 5.76 Å². The molecule has 4 nitrogen and oxygen atoms in total. The van der Waals surface area contributed by atoms with Crippen LogP contribution in [-0.4, -0.2) is 37.6 Å². The number of rotatable bonds is 11. The Balaban J connectivity index is 1.74. The van der Waals surface area contributed by atoms with Crippen LogP contribution in [0.25, 0.3) is 0 Å². The fraction of sp³-hybridized carbons (Fsp3) is 0.450. The standard InChI is InChI=1S/C20H29N3OS/c1-25-17-6-5-13-21-20(23-15-12-19-10-7-16-24-19)22-14-11-18-8-3-2-4-9-18/h2-4,7-10,16H,5-6,11-15,17H2,1H3,(H2,21,22,23). The lowest BCUT2D eigenvalue weighted by Crippen LogP contribution is -2.39. The number of aliphatic imine (C=N–C) groups is 1. The largest absolute Gasteiger partial charge is 0.469 e. The van der Waals surface area contributed by atoms with Crippen LogP contribution in [-0.2, 0) is 12.8 Å². The molecule has 0 bridgehead atoms. The van der Waals surface area contributed by atoms with Crippen LogP contribution < -0.4 is 10.6 Å². The number of nitrogens with zero attached hydrogens (tertiary/aromatic N) is 1. The first-order chi connectivity index (χ1) is 12.4. The lowest BCUT2D eigenvalue weighted by Gasteiger charge is -2.12. The van der Waals surface area contributed by atoms with Crippen molar-refractivity contribution in [2.24, 2.45) is 4.99 Å². The summed E-state index contributed by atoms with van der Waals surface area (Å²) in [6, 6.07) is 14.5. The van der Waals surface area contributed by atoms with Gasteiger partial charge >= 0.3 is 0 Å². The van der Waals surface area contributed by atoms with E-state index in [2.05, 4.69) is 47.2 Å². The highest BCUT2D eigenvalue weighted by atomic mass is 32.2. The number of benzene rings is 1. The molecule has 0 aliphatic heterocycles. The number of guanidine groups is 1. The molecule has 1 heterocycles. The van der Waals surface area contributed by atoms with Crippen LogP contribution in [0.5, 0.6) is 0 Å². The summed E-state index contributed by atoms with van der Waals surface area (Å²) < 4.78 is 5.38.